The Balaban J connectivity index is 1.89. The van der Waals surface area contributed by atoms with Gasteiger partial charge in [-0.25, -0.2) is 8.78 Å². The summed E-state index contributed by atoms with van der Waals surface area (Å²) in [6.07, 6.45) is 2.43. The second kappa shape index (κ2) is 6.80. The van der Waals surface area contributed by atoms with Gasteiger partial charge in [-0.1, -0.05) is 52.3 Å². The molecule has 0 radical (unpaired) electrons. The number of halogens is 3. The Morgan fingerprint density at radius 1 is 1.00 bits per heavy atom. The van der Waals surface area contributed by atoms with Gasteiger partial charge in [-0.15, -0.1) is 0 Å². The lowest BCUT2D eigenvalue weighted by Crippen LogP contribution is -2.06. The average molecular weight is 325 g/mol. The van der Waals surface area contributed by atoms with Crippen molar-refractivity contribution in [2.24, 2.45) is 0 Å². The molecule has 2 aromatic carbocycles. The van der Waals surface area contributed by atoms with Crippen molar-refractivity contribution in [3.05, 3.63) is 71.3 Å². The molecule has 0 saturated carbocycles. The fraction of sp³-hybridized carbons (Fsp3) is 0.250. The molecule has 0 fully saturated rings. The first kappa shape index (κ1) is 14.2. The summed E-state index contributed by atoms with van der Waals surface area (Å²) in [5.74, 6) is -0.999. The standard InChI is InChI=1S/C16H15BrF2/c17-14(8-6-12-4-2-1-3-5-12)10-13-7-9-15(18)11-16(13)19/h1-5,7,9,11,14H,6,8,10H2. The Morgan fingerprint density at radius 3 is 2.42 bits per heavy atom. The lowest BCUT2D eigenvalue weighted by Gasteiger charge is -2.10. The molecule has 0 saturated heterocycles. The topological polar surface area (TPSA) is 0 Å². The van der Waals surface area contributed by atoms with E-state index in [0.717, 1.165) is 18.9 Å². The van der Waals surface area contributed by atoms with Gasteiger partial charge in [-0.05, 0) is 36.5 Å². The smallest absolute Gasteiger partial charge is 0.129 e. The van der Waals surface area contributed by atoms with Crippen LogP contribution in [0.5, 0.6) is 0 Å². The predicted octanol–water partition coefficient (Wildman–Crippen LogP) is 4.90. The van der Waals surface area contributed by atoms with Gasteiger partial charge in [0, 0.05) is 10.9 Å². The van der Waals surface area contributed by atoms with Gasteiger partial charge in [0.05, 0.1) is 0 Å². The highest BCUT2D eigenvalue weighted by Gasteiger charge is 2.10. The van der Waals surface area contributed by atoms with Crippen LogP contribution < -0.4 is 0 Å². The Morgan fingerprint density at radius 2 is 1.74 bits per heavy atom. The zero-order valence-electron chi connectivity index (χ0n) is 10.5. The van der Waals surface area contributed by atoms with Crippen molar-refractivity contribution in [1.82, 2.24) is 0 Å². The highest BCUT2D eigenvalue weighted by molar-refractivity contribution is 9.09. The molecule has 2 rings (SSSR count). The van der Waals surface area contributed by atoms with Crippen molar-refractivity contribution in [3.63, 3.8) is 0 Å². The summed E-state index contributed by atoms with van der Waals surface area (Å²) >= 11 is 3.56. The minimum atomic E-state index is -0.531. The Labute approximate surface area is 120 Å². The monoisotopic (exact) mass is 324 g/mol. The normalized spacial score (nSPS) is 12.4. The summed E-state index contributed by atoms with van der Waals surface area (Å²) in [7, 11) is 0. The van der Waals surface area contributed by atoms with Gasteiger partial charge in [0.15, 0.2) is 0 Å². The zero-order chi connectivity index (χ0) is 13.7. The number of alkyl halides is 1. The fourth-order valence-electron chi connectivity index (χ4n) is 2.00. The summed E-state index contributed by atoms with van der Waals surface area (Å²) in [4.78, 5) is 0.188. The summed E-state index contributed by atoms with van der Waals surface area (Å²) in [6.45, 7) is 0. The predicted molar refractivity (Wildman–Crippen MR) is 77.5 cm³/mol. The minimum Gasteiger partial charge on any atom is -0.207 e. The average Bonchev–Trinajstić information content (AvgIpc) is 2.41. The molecule has 1 atom stereocenters. The third-order valence-corrected chi connectivity index (χ3v) is 3.83. The van der Waals surface area contributed by atoms with Crippen LogP contribution >= 0.6 is 15.9 Å². The van der Waals surface area contributed by atoms with E-state index < -0.39 is 11.6 Å². The van der Waals surface area contributed by atoms with Gasteiger partial charge in [0.1, 0.15) is 11.6 Å². The molecule has 0 aliphatic carbocycles. The molecule has 0 aromatic heterocycles. The van der Waals surface area contributed by atoms with E-state index in [1.54, 1.807) is 0 Å². The van der Waals surface area contributed by atoms with Crippen LogP contribution in [0.15, 0.2) is 48.5 Å². The Kier molecular flexibility index (Phi) is 5.08. The van der Waals surface area contributed by atoms with E-state index in [2.05, 4.69) is 28.1 Å². The highest BCUT2D eigenvalue weighted by atomic mass is 79.9. The summed E-state index contributed by atoms with van der Waals surface area (Å²) < 4.78 is 26.3. The largest absolute Gasteiger partial charge is 0.207 e. The second-order valence-electron chi connectivity index (χ2n) is 4.56. The zero-order valence-corrected chi connectivity index (χ0v) is 12.0. The van der Waals surface area contributed by atoms with E-state index in [1.165, 1.54) is 17.7 Å². The highest BCUT2D eigenvalue weighted by Crippen LogP contribution is 2.19. The first-order valence-electron chi connectivity index (χ1n) is 6.27. The van der Waals surface area contributed by atoms with E-state index >= 15 is 0 Å². The van der Waals surface area contributed by atoms with Gasteiger partial charge in [0.25, 0.3) is 0 Å². The van der Waals surface area contributed by atoms with Crippen LogP contribution in [0, 0.1) is 11.6 Å². The second-order valence-corrected chi connectivity index (χ2v) is 5.86. The van der Waals surface area contributed by atoms with Crippen LogP contribution in [0.2, 0.25) is 0 Å². The fourth-order valence-corrected chi connectivity index (χ4v) is 2.57. The summed E-state index contributed by atoms with van der Waals surface area (Å²) in [5, 5.41) is 0. The van der Waals surface area contributed by atoms with Gasteiger partial charge < -0.3 is 0 Å². The maximum absolute atomic E-state index is 13.5. The molecule has 0 bridgehead atoms. The van der Waals surface area contributed by atoms with E-state index in [-0.39, 0.29) is 4.83 Å². The molecular weight excluding hydrogens is 310 g/mol. The summed E-state index contributed by atoms with van der Waals surface area (Å²) in [5.41, 5.74) is 1.82. The molecule has 0 N–H and O–H groups in total. The molecule has 0 nitrogen and oxygen atoms in total. The minimum absolute atomic E-state index is 0.188. The van der Waals surface area contributed by atoms with E-state index in [9.17, 15) is 8.78 Å². The molecule has 2 aromatic rings. The molecule has 0 heterocycles. The maximum atomic E-state index is 13.5. The van der Waals surface area contributed by atoms with Crippen LogP contribution in [0.4, 0.5) is 8.78 Å². The maximum Gasteiger partial charge on any atom is 0.129 e. The quantitative estimate of drug-likeness (QED) is 0.686. The van der Waals surface area contributed by atoms with Crippen molar-refractivity contribution in [2.45, 2.75) is 24.1 Å². The number of rotatable bonds is 5. The van der Waals surface area contributed by atoms with E-state index in [1.807, 2.05) is 18.2 Å². The lowest BCUT2D eigenvalue weighted by atomic mass is 10.0. The first-order valence-corrected chi connectivity index (χ1v) is 7.18. The van der Waals surface area contributed by atoms with Crippen LogP contribution in [0.25, 0.3) is 0 Å². The van der Waals surface area contributed by atoms with E-state index in [0.29, 0.717) is 12.0 Å². The molecule has 19 heavy (non-hydrogen) atoms. The SMILES string of the molecule is Fc1ccc(CC(Br)CCc2ccccc2)c(F)c1. The van der Waals surface area contributed by atoms with Crippen LogP contribution in [-0.4, -0.2) is 4.83 Å². The number of aryl methyl sites for hydroxylation is 1. The molecule has 1 unspecified atom stereocenters. The Hall–Kier alpha value is -1.22. The van der Waals surface area contributed by atoms with Gasteiger partial charge >= 0.3 is 0 Å². The molecule has 0 amide bonds. The van der Waals surface area contributed by atoms with Crippen LogP contribution in [-0.2, 0) is 12.8 Å². The molecule has 0 aliphatic heterocycles. The third kappa shape index (κ3) is 4.43. The molecule has 3 heteroatoms. The lowest BCUT2D eigenvalue weighted by molar-refractivity contribution is 0.569. The number of benzene rings is 2. The molecular formula is C16H15BrF2. The van der Waals surface area contributed by atoms with Gasteiger partial charge in [-0.3, -0.25) is 0 Å². The third-order valence-electron chi connectivity index (χ3n) is 3.05. The summed E-state index contributed by atoms with van der Waals surface area (Å²) in [6, 6.07) is 13.9. The molecule has 0 aliphatic rings. The van der Waals surface area contributed by atoms with Crippen molar-refractivity contribution in [2.75, 3.05) is 0 Å². The van der Waals surface area contributed by atoms with Crippen LogP contribution in [0.1, 0.15) is 17.5 Å². The van der Waals surface area contributed by atoms with Crippen molar-refractivity contribution in [1.29, 1.82) is 0 Å². The van der Waals surface area contributed by atoms with Crippen molar-refractivity contribution < 1.29 is 8.78 Å². The molecule has 100 valence electrons. The molecule has 0 spiro atoms. The van der Waals surface area contributed by atoms with Crippen LogP contribution in [0.3, 0.4) is 0 Å². The van der Waals surface area contributed by atoms with Crippen molar-refractivity contribution >= 4 is 15.9 Å². The Bertz CT molecular complexity index is 526. The van der Waals surface area contributed by atoms with Crippen molar-refractivity contribution in [3.8, 4) is 0 Å². The van der Waals surface area contributed by atoms with Gasteiger partial charge in [-0.2, -0.15) is 0 Å². The number of hydrogen-bond acceptors (Lipinski definition) is 0. The van der Waals surface area contributed by atoms with E-state index in [4.69, 9.17) is 0 Å². The number of hydrogen-bond donors (Lipinski definition) is 0. The van der Waals surface area contributed by atoms with Gasteiger partial charge in [0.2, 0.25) is 0 Å². The first-order chi connectivity index (χ1) is 9.15.